The van der Waals surface area contributed by atoms with Crippen molar-refractivity contribution in [3.63, 3.8) is 0 Å². The Hall–Kier alpha value is -1.40. The van der Waals surface area contributed by atoms with Crippen LogP contribution in [0.5, 0.6) is 0 Å². The summed E-state index contributed by atoms with van der Waals surface area (Å²) in [6.45, 7) is 1.92. The van der Waals surface area contributed by atoms with Crippen molar-refractivity contribution in [2.45, 2.75) is 13.3 Å². The summed E-state index contributed by atoms with van der Waals surface area (Å²) in [6.07, 6.45) is 3.84. The van der Waals surface area contributed by atoms with Crippen molar-refractivity contribution >= 4 is 0 Å². The number of hydrogen-bond donors (Lipinski definition) is 1. The van der Waals surface area contributed by atoms with E-state index >= 15 is 0 Å². The minimum Gasteiger partial charge on any atom is -0.395 e. The quantitative estimate of drug-likeness (QED) is 0.612. The molecule has 0 atom stereocenters. The number of nitrogens with zero attached hydrogens (tertiary/aromatic N) is 2. The van der Waals surface area contributed by atoms with E-state index in [9.17, 15) is 0 Å². The van der Waals surface area contributed by atoms with Crippen LogP contribution in [0.2, 0.25) is 0 Å². The van der Waals surface area contributed by atoms with Crippen LogP contribution in [0.15, 0.2) is 12.4 Å². The topological polar surface area (TPSA) is 46.0 Å². The van der Waals surface area contributed by atoms with Crippen LogP contribution in [0.25, 0.3) is 0 Å². The van der Waals surface area contributed by atoms with E-state index in [1.807, 2.05) is 6.92 Å². The van der Waals surface area contributed by atoms with E-state index in [0.717, 1.165) is 11.4 Å². The first-order chi connectivity index (χ1) is 5.83. The minimum atomic E-state index is 0.0969. The summed E-state index contributed by atoms with van der Waals surface area (Å²) in [5.41, 5.74) is 0.786. The van der Waals surface area contributed by atoms with Gasteiger partial charge in [-0.25, -0.2) is 9.97 Å². The van der Waals surface area contributed by atoms with Crippen LogP contribution in [0.3, 0.4) is 0 Å². The van der Waals surface area contributed by atoms with Crippen LogP contribution in [-0.4, -0.2) is 21.7 Å². The lowest BCUT2D eigenvalue weighted by Gasteiger charge is -1.89. The van der Waals surface area contributed by atoms with Crippen molar-refractivity contribution < 1.29 is 5.11 Å². The zero-order valence-electron chi connectivity index (χ0n) is 6.91. The van der Waals surface area contributed by atoms with E-state index in [1.54, 1.807) is 12.4 Å². The lowest BCUT2D eigenvalue weighted by molar-refractivity contribution is 0.305. The number of rotatable bonds is 1. The standard InChI is InChI=1S/C9H10N2O/c1-8-10-6-9(7-11-8)4-2-3-5-12/h6-7,12H,3,5H2,1H3. The molecule has 3 heteroatoms. The Balaban J connectivity index is 2.66. The average molecular weight is 162 g/mol. The van der Waals surface area contributed by atoms with Gasteiger partial charge in [0.2, 0.25) is 0 Å². The smallest absolute Gasteiger partial charge is 0.125 e. The van der Waals surface area contributed by atoms with Gasteiger partial charge in [0, 0.05) is 18.8 Å². The number of hydrogen-bond acceptors (Lipinski definition) is 3. The predicted octanol–water partition coefficient (Wildman–Crippen LogP) is 0.519. The molecule has 1 N–H and O–H groups in total. The molecule has 0 bridgehead atoms. The van der Waals surface area contributed by atoms with Crippen LogP contribution in [0.1, 0.15) is 17.8 Å². The molecule has 0 radical (unpaired) electrons. The molecule has 1 aromatic rings. The van der Waals surface area contributed by atoms with E-state index in [0.29, 0.717) is 6.42 Å². The zero-order chi connectivity index (χ0) is 8.81. The fourth-order valence-electron chi connectivity index (χ4n) is 0.678. The Morgan fingerprint density at radius 3 is 2.67 bits per heavy atom. The molecule has 1 aromatic heterocycles. The largest absolute Gasteiger partial charge is 0.395 e. The second kappa shape index (κ2) is 4.47. The van der Waals surface area contributed by atoms with Crippen LogP contribution < -0.4 is 0 Å². The molecule has 0 saturated heterocycles. The maximum atomic E-state index is 8.45. The van der Waals surface area contributed by atoms with Crippen molar-refractivity contribution in [2.24, 2.45) is 0 Å². The van der Waals surface area contributed by atoms with Gasteiger partial charge in [-0.3, -0.25) is 0 Å². The molecule has 3 nitrogen and oxygen atoms in total. The predicted molar refractivity (Wildman–Crippen MR) is 45.3 cm³/mol. The second-order valence-electron chi connectivity index (χ2n) is 2.29. The number of aliphatic hydroxyl groups excluding tert-OH is 1. The number of aliphatic hydroxyl groups is 1. The molecule has 0 amide bonds. The van der Waals surface area contributed by atoms with Gasteiger partial charge < -0.3 is 5.11 Å². The van der Waals surface area contributed by atoms with Gasteiger partial charge in [-0.1, -0.05) is 11.8 Å². The van der Waals surface area contributed by atoms with E-state index in [-0.39, 0.29) is 6.61 Å². The van der Waals surface area contributed by atoms with E-state index < -0.39 is 0 Å². The summed E-state index contributed by atoms with van der Waals surface area (Å²) in [7, 11) is 0. The highest BCUT2D eigenvalue weighted by Crippen LogP contribution is 1.91. The van der Waals surface area contributed by atoms with Gasteiger partial charge in [0.15, 0.2) is 0 Å². The number of aromatic nitrogens is 2. The zero-order valence-corrected chi connectivity index (χ0v) is 6.91. The van der Waals surface area contributed by atoms with Gasteiger partial charge >= 0.3 is 0 Å². The third kappa shape index (κ3) is 2.69. The number of aryl methyl sites for hydroxylation is 1. The maximum Gasteiger partial charge on any atom is 0.125 e. The monoisotopic (exact) mass is 162 g/mol. The van der Waals surface area contributed by atoms with Gasteiger partial charge in [0.25, 0.3) is 0 Å². The van der Waals surface area contributed by atoms with Crippen LogP contribution in [-0.2, 0) is 0 Å². The van der Waals surface area contributed by atoms with Gasteiger partial charge in [-0.05, 0) is 6.92 Å². The molecule has 0 aliphatic heterocycles. The van der Waals surface area contributed by atoms with E-state index in [1.165, 1.54) is 0 Å². The maximum absolute atomic E-state index is 8.45. The fraction of sp³-hybridized carbons (Fsp3) is 0.333. The molecule has 1 rings (SSSR count). The molecular formula is C9H10N2O. The van der Waals surface area contributed by atoms with Crippen molar-refractivity contribution in [1.82, 2.24) is 9.97 Å². The lowest BCUT2D eigenvalue weighted by Crippen LogP contribution is -1.87. The molecular weight excluding hydrogens is 152 g/mol. The molecule has 1 heterocycles. The molecule has 0 aliphatic rings. The van der Waals surface area contributed by atoms with Crippen LogP contribution in [0.4, 0.5) is 0 Å². The summed E-state index contributed by atoms with van der Waals surface area (Å²) in [6, 6.07) is 0. The SMILES string of the molecule is Cc1ncc(C#CCCO)cn1. The molecule has 0 spiro atoms. The molecule has 0 fully saturated rings. The Bertz CT molecular complexity index is 295. The Morgan fingerprint density at radius 2 is 2.08 bits per heavy atom. The average Bonchev–Trinajstić information content (AvgIpc) is 2.09. The first-order valence-corrected chi connectivity index (χ1v) is 3.71. The summed E-state index contributed by atoms with van der Waals surface area (Å²) >= 11 is 0. The first kappa shape index (κ1) is 8.69. The summed E-state index contributed by atoms with van der Waals surface area (Å²) in [4.78, 5) is 7.96. The van der Waals surface area contributed by atoms with Crippen molar-refractivity contribution in [3.05, 3.63) is 23.8 Å². The Morgan fingerprint density at radius 1 is 1.42 bits per heavy atom. The second-order valence-corrected chi connectivity index (χ2v) is 2.29. The normalized spacial score (nSPS) is 8.83. The molecule has 0 saturated carbocycles. The van der Waals surface area contributed by atoms with Gasteiger partial charge in [-0.2, -0.15) is 0 Å². The van der Waals surface area contributed by atoms with Crippen molar-refractivity contribution in [3.8, 4) is 11.8 Å². The summed E-state index contributed by atoms with van der Waals surface area (Å²) < 4.78 is 0. The van der Waals surface area contributed by atoms with E-state index in [4.69, 9.17) is 5.11 Å². The van der Waals surface area contributed by atoms with E-state index in [2.05, 4.69) is 21.8 Å². The molecule has 62 valence electrons. The third-order valence-electron chi connectivity index (χ3n) is 1.25. The minimum absolute atomic E-state index is 0.0969. The Kier molecular flexibility index (Phi) is 3.24. The van der Waals surface area contributed by atoms with Gasteiger partial charge in [-0.15, -0.1) is 0 Å². The third-order valence-corrected chi connectivity index (χ3v) is 1.25. The molecule has 0 aliphatic carbocycles. The Labute approximate surface area is 71.5 Å². The highest BCUT2D eigenvalue weighted by atomic mass is 16.2. The van der Waals surface area contributed by atoms with Crippen LogP contribution >= 0.6 is 0 Å². The highest BCUT2D eigenvalue weighted by Gasteiger charge is 1.87. The van der Waals surface area contributed by atoms with Gasteiger partial charge in [0.05, 0.1) is 12.2 Å². The van der Waals surface area contributed by atoms with Crippen molar-refractivity contribution in [2.75, 3.05) is 6.61 Å². The first-order valence-electron chi connectivity index (χ1n) is 3.71. The molecule has 0 aromatic carbocycles. The fourth-order valence-corrected chi connectivity index (χ4v) is 0.678. The molecule has 0 unspecified atom stereocenters. The summed E-state index contributed by atoms with van der Waals surface area (Å²) in [5.74, 6) is 6.37. The highest BCUT2D eigenvalue weighted by molar-refractivity contribution is 5.29. The van der Waals surface area contributed by atoms with Crippen molar-refractivity contribution in [1.29, 1.82) is 0 Å². The lowest BCUT2D eigenvalue weighted by atomic mass is 10.3. The van der Waals surface area contributed by atoms with Crippen LogP contribution in [0, 0.1) is 18.8 Å². The van der Waals surface area contributed by atoms with Gasteiger partial charge in [0.1, 0.15) is 5.82 Å². The molecule has 12 heavy (non-hydrogen) atoms. The summed E-state index contributed by atoms with van der Waals surface area (Å²) in [5, 5.41) is 8.45.